The van der Waals surface area contributed by atoms with Crippen molar-refractivity contribution in [2.75, 3.05) is 0 Å². The molecule has 2 rings (SSSR count). The lowest BCUT2D eigenvalue weighted by atomic mass is 9.93. The van der Waals surface area contributed by atoms with Crippen LogP contribution in [0.3, 0.4) is 0 Å². The molecule has 0 saturated heterocycles. The van der Waals surface area contributed by atoms with Gasteiger partial charge in [-0.3, -0.25) is 4.98 Å². The van der Waals surface area contributed by atoms with E-state index in [-0.39, 0.29) is 0 Å². The minimum Gasteiger partial charge on any atom is -0.265 e. The Kier molecular flexibility index (Phi) is 4.18. The summed E-state index contributed by atoms with van der Waals surface area (Å²) in [5.74, 6) is 0.860. The minimum absolute atomic E-state index is 0.742. The van der Waals surface area contributed by atoms with Crippen LogP contribution in [0.1, 0.15) is 37.7 Å². The Morgan fingerprint density at radius 2 is 1.93 bits per heavy atom. The third-order valence-electron chi connectivity index (χ3n) is 3.24. The van der Waals surface area contributed by atoms with E-state index < -0.39 is 0 Å². The van der Waals surface area contributed by atoms with Crippen molar-refractivity contribution < 1.29 is 0 Å². The first-order valence-electron chi connectivity index (χ1n) is 5.87. The van der Waals surface area contributed by atoms with Gasteiger partial charge in [-0.15, -0.1) is 0 Å². The van der Waals surface area contributed by atoms with E-state index in [2.05, 4.69) is 33.0 Å². The molecule has 2 heteroatoms. The van der Waals surface area contributed by atoms with E-state index in [4.69, 9.17) is 0 Å². The molecule has 1 fully saturated rings. The average Bonchev–Trinajstić information content (AvgIpc) is 2.44. The number of aromatic nitrogens is 1. The average molecular weight is 268 g/mol. The van der Waals surface area contributed by atoms with Crippen LogP contribution in [0.4, 0.5) is 0 Å². The van der Waals surface area contributed by atoms with E-state index in [1.54, 1.807) is 0 Å². The summed E-state index contributed by atoms with van der Waals surface area (Å²) in [4.78, 5) is 4.81. The van der Waals surface area contributed by atoms with Crippen LogP contribution in [0, 0.1) is 5.92 Å². The molecule has 1 nitrogen and oxygen atoms in total. The molecule has 0 aliphatic heterocycles. The predicted octanol–water partition coefficient (Wildman–Crippen LogP) is 3.97. The number of pyridine rings is 1. The van der Waals surface area contributed by atoms with Crippen LogP contribution in [-0.4, -0.2) is 9.81 Å². The highest BCUT2D eigenvalue weighted by Crippen LogP contribution is 2.29. The van der Waals surface area contributed by atoms with Crippen LogP contribution in [0.5, 0.6) is 0 Å². The summed E-state index contributed by atoms with van der Waals surface area (Å²) < 4.78 is 0. The largest absolute Gasteiger partial charge is 0.265 e. The van der Waals surface area contributed by atoms with E-state index in [1.807, 2.05) is 12.4 Å². The SMILES string of the molecule is BrC1CCCCC(Cc2ccncc2)C1. The fraction of sp³-hybridized carbons (Fsp3) is 0.615. The third kappa shape index (κ3) is 3.60. The molecular weight excluding hydrogens is 250 g/mol. The third-order valence-corrected chi connectivity index (χ3v) is 4.07. The predicted molar refractivity (Wildman–Crippen MR) is 67.2 cm³/mol. The van der Waals surface area contributed by atoms with E-state index in [0.717, 1.165) is 10.7 Å². The maximum Gasteiger partial charge on any atom is 0.0270 e. The van der Waals surface area contributed by atoms with Crippen LogP contribution in [0.25, 0.3) is 0 Å². The molecule has 2 atom stereocenters. The van der Waals surface area contributed by atoms with Crippen molar-refractivity contribution in [1.82, 2.24) is 4.98 Å². The molecule has 1 saturated carbocycles. The highest BCUT2D eigenvalue weighted by atomic mass is 79.9. The van der Waals surface area contributed by atoms with Gasteiger partial charge in [-0.1, -0.05) is 35.2 Å². The molecule has 1 aromatic heterocycles. The van der Waals surface area contributed by atoms with Crippen LogP contribution in [0.2, 0.25) is 0 Å². The standard InChI is InChI=1S/C13H18BrN/c14-13-4-2-1-3-12(10-13)9-11-5-7-15-8-6-11/h5-8,12-13H,1-4,9-10H2. The first-order valence-corrected chi connectivity index (χ1v) is 6.79. The summed E-state index contributed by atoms with van der Waals surface area (Å²) in [6.45, 7) is 0. The highest BCUT2D eigenvalue weighted by molar-refractivity contribution is 9.09. The molecule has 0 spiro atoms. The van der Waals surface area contributed by atoms with E-state index >= 15 is 0 Å². The van der Waals surface area contributed by atoms with Gasteiger partial charge >= 0.3 is 0 Å². The normalized spacial score (nSPS) is 27.3. The first kappa shape index (κ1) is 11.1. The fourth-order valence-corrected chi connectivity index (χ4v) is 3.29. The van der Waals surface area contributed by atoms with Gasteiger partial charge in [0.1, 0.15) is 0 Å². The molecule has 0 bridgehead atoms. The van der Waals surface area contributed by atoms with Crippen molar-refractivity contribution in [2.45, 2.75) is 43.4 Å². The number of nitrogens with zero attached hydrogens (tertiary/aromatic N) is 1. The van der Waals surface area contributed by atoms with Crippen molar-refractivity contribution in [2.24, 2.45) is 5.92 Å². The van der Waals surface area contributed by atoms with Crippen molar-refractivity contribution in [3.8, 4) is 0 Å². The molecule has 2 unspecified atom stereocenters. The van der Waals surface area contributed by atoms with Crippen LogP contribution in [-0.2, 0) is 6.42 Å². The van der Waals surface area contributed by atoms with Gasteiger partial charge in [0.05, 0.1) is 0 Å². The van der Waals surface area contributed by atoms with Crippen molar-refractivity contribution in [3.63, 3.8) is 0 Å². The topological polar surface area (TPSA) is 12.9 Å². The molecule has 0 radical (unpaired) electrons. The molecule has 15 heavy (non-hydrogen) atoms. The smallest absolute Gasteiger partial charge is 0.0270 e. The summed E-state index contributed by atoms with van der Waals surface area (Å²) in [5.41, 5.74) is 1.44. The summed E-state index contributed by atoms with van der Waals surface area (Å²) in [6, 6.07) is 4.29. The quantitative estimate of drug-likeness (QED) is 0.584. The lowest BCUT2D eigenvalue weighted by Gasteiger charge is -2.15. The van der Waals surface area contributed by atoms with Crippen LogP contribution in [0.15, 0.2) is 24.5 Å². The van der Waals surface area contributed by atoms with Gasteiger partial charge in [0, 0.05) is 17.2 Å². The fourth-order valence-electron chi connectivity index (χ4n) is 2.43. The van der Waals surface area contributed by atoms with Gasteiger partial charge in [-0.2, -0.15) is 0 Å². The number of alkyl halides is 1. The highest BCUT2D eigenvalue weighted by Gasteiger charge is 2.18. The molecule has 0 aromatic carbocycles. The zero-order valence-electron chi connectivity index (χ0n) is 9.03. The Morgan fingerprint density at radius 3 is 2.73 bits per heavy atom. The van der Waals surface area contributed by atoms with Crippen LogP contribution >= 0.6 is 15.9 Å². The molecule has 1 aromatic rings. The Balaban J connectivity index is 1.93. The van der Waals surface area contributed by atoms with Gasteiger partial charge in [0.25, 0.3) is 0 Å². The van der Waals surface area contributed by atoms with E-state index in [1.165, 1.54) is 44.1 Å². The number of hydrogen-bond donors (Lipinski definition) is 0. The molecule has 1 heterocycles. The summed E-state index contributed by atoms with van der Waals surface area (Å²) in [5, 5.41) is 0. The van der Waals surface area contributed by atoms with Gasteiger partial charge < -0.3 is 0 Å². The van der Waals surface area contributed by atoms with Crippen molar-refractivity contribution in [1.29, 1.82) is 0 Å². The first-order chi connectivity index (χ1) is 7.34. The minimum atomic E-state index is 0.742. The maximum atomic E-state index is 4.06. The monoisotopic (exact) mass is 267 g/mol. The van der Waals surface area contributed by atoms with E-state index in [0.29, 0.717) is 0 Å². The van der Waals surface area contributed by atoms with Gasteiger partial charge in [-0.25, -0.2) is 0 Å². The molecule has 0 N–H and O–H groups in total. The summed E-state index contributed by atoms with van der Waals surface area (Å²) in [7, 11) is 0. The maximum absolute atomic E-state index is 4.06. The second-order valence-corrected chi connectivity index (χ2v) is 5.84. The molecule has 82 valence electrons. The van der Waals surface area contributed by atoms with Gasteiger partial charge in [0.15, 0.2) is 0 Å². The molecule has 1 aliphatic rings. The zero-order chi connectivity index (χ0) is 10.5. The Morgan fingerprint density at radius 1 is 1.20 bits per heavy atom. The van der Waals surface area contributed by atoms with Crippen LogP contribution < -0.4 is 0 Å². The van der Waals surface area contributed by atoms with Gasteiger partial charge in [0.2, 0.25) is 0 Å². The zero-order valence-corrected chi connectivity index (χ0v) is 10.6. The van der Waals surface area contributed by atoms with Gasteiger partial charge in [-0.05, 0) is 42.9 Å². The number of rotatable bonds is 2. The Bertz CT molecular complexity index is 286. The second-order valence-electron chi connectivity index (χ2n) is 4.54. The Labute approximate surface area is 100 Å². The molecule has 1 aliphatic carbocycles. The summed E-state index contributed by atoms with van der Waals surface area (Å²) >= 11 is 3.78. The lowest BCUT2D eigenvalue weighted by molar-refractivity contribution is 0.463. The van der Waals surface area contributed by atoms with Crippen molar-refractivity contribution in [3.05, 3.63) is 30.1 Å². The second kappa shape index (κ2) is 5.64. The lowest BCUT2D eigenvalue weighted by Crippen LogP contribution is -2.08. The van der Waals surface area contributed by atoms with Crippen molar-refractivity contribution >= 4 is 15.9 Å². The molecular formula is C13H18BrN. The Hall–Kier alpha value is -0.370. The van der Waals surface area contributed by atoms with E-state index in [9.17, 15) is 0 Å². The number of halogens is 1. The summed E-state index contributed by atoms with van der Waals surface area (Å²) in [6.07, 6.45) is 11.9. The number of hydrogen-bond acceptors (Lipinski definition) is 1. The molecule has 0 amide bonds.